The third-order valence-corrected chi connectivity index (χ3v) is 5.56. The molecule has 2 heterocycles. The molecule has 6 heteroatoms. The van der Waals surface area contributed by atoms with Crippen LogP contribution in [0.5, 0.6) is 0 Å². The van der Waals surface area contributed by atoms with Crippen LogP contribution >= 0.6 is 23.1 Å². The van der Waals surface area contributed by atoms with Crippen LogP contribution in [0.3, 0.4) is 0 Å². The summed E-state index contributed by atoms with van der Waals surface area (Å²) in [4.78, 5) is 18.8. The van der Waals surface area contributed by atoms with Gasteiger partial charge in [-0.2, -0.15) is 0 Å². The minimum absolute atomic E-state index is 0.0150. The van der Waals surface area contributed by atoms with E-state index in [0.717, 1.165) is 17.1 Å². The maximum Gasteiger partial charge on any atom is 0.236 e. The minimum atomic E-state index is -0.0150. The van der Waals surface area contributed by atoms with Gasteiger partial charge in [0.25, 0.3) is 0 Å². The fourth-order valence-electron chi connectivity index (χ4n) is 2.32. The largest absolute Gasteiger partial charge is 0.440 e. The Balaban J connectivity index is 1.41. The van der Waals surface area contributed by atoms with Crippen LogP contribution in [0.25, 0.3) is 10.8 Å². The molecule has 0 aliphatic carbocycles. The first-order chi connectivity index (χ1) is 12.2. The molecule has 25 heavy (non-hydrogen) atoms. The van der Waals surface area contributed by atoms with Crippen LogP contribution in [0.1, 0.15) is 17.9 Å². The number of thiophene rings is 1. The molecule has 0 bridgehead atoms. The number of aryl methyl sites for hydroxylation is 1. The van der Waals surface area contributed by atoms with Crippen LogP contribution in [-0.4, -0.2) is 23.2 Å². The second-order valence-corrected chi connectivity index (χ2v) is 7.66. The Labute approximate surface area is 155 Å². The number of benzene rings is 1. The number of carbonyl (C=O) groups excluding carboxylic acids is 1. The summed E-state index contributed by atoms with van der Waals surface area (Å²) in [5.74, 6) is 2.27. The van der Waals surface area contributed by atoms with E-state index in [4.69, 9.17) is 4.42 Å². The van der Waals surface area contributed by atoms with E-state index in [1.165, 1.54) is 4.90 Å². The van der Waals surface area contributed by atoms with Crippen molar-refractivity contribution in [2.75, 3.05) is 12.3 Å². The van der Waals surface area contributed by atoms with Gasteiger partial charge in [0, 0.05) is 11.4 Å². The molecular formula is C19H20N2O2S2. The number of thioether (sulfide) groups is 1. The second kappa shape index (κ2) is 8.87. The van der Waals surface area contributed by atoms with Crippen LogP contribution < -0.4 is 5.32 Å². The van der Waals surface area contributed by atoms with Crippen molar-refractivity contribution in [1.29, 1.82) is 0 Å². The molecule has 0 saturated heterocycles. The molecule has 0 spiro atoms. The normalized spacial score (nSPS) is 10.8. The van der Waals surface area contributed by atoms with Gasteiger partial charge in [0.05, 0.1) is 17.0 Å². The van der Waals surface area contributed by atoms with E-state index in [0.29, 0.717) is 23.9 Å². The van der Waals surface area contributed by atoms with Gasteiger partial charge in [0.15, 0.2) is 0 Å². The maximum absolute atomic E-state index is 12.1. The van der Waals surface area contributed by atoms with Crippen LogP contribution in [0.4, 0.5) is 0 Å². The van der Waals surface area contributed by atoms with Gasteiger partial charge in [0.1, 0.15) is 5.76 Å². The Kier molecular flexibility index (Phi) is 6.30. The maximum atomic E-state index is 12.1. The SMILES string of the molecule is Cc1oc(-c2cccs2)nc1CC(=O)NCCCSc1ccccc1. The number of hydrogen-bond donors (Lipinski definition) is 1. The molecule has 1 N–H and O–H groups in total. The second-order valence-electron chi connectivity index (χ2n) is 5.54. The summed E-state index contributed by atoms with van der Waals surface area (Å²) in [7, 11) is 0. The first-order valence-electron chi connectivity index (χ1n) is 8.17. The molecule has 0 radical (unpaired) electrons. The van der Waals surface area contributed by atoms with Gasteiger partial charge in [0.2, 0.25) is 11.8 Å². The molecule has 1 aromatic carbocycles. The average molecular weight is 373 g/mol. The zero-order chi connectivity index (χ0) is 17.5. The van der Waals surface area contributed by atoms with Gasteiger partial charge in [-0.1, -0.05) is 24.3 Å². The van der Waals surface area contributed by atoms with Crippen LogP contribution in [0, 0.1) is 6.92 Å². The highest BCUT2D eigenvalue weighted by molar-refractivity contribution is 7.99. The number of nitrogens with one attached hydrogen (secondary N) is 1. The van der Waals surface area contributed by atoms with Gasteiger partial charge in [-0.3, -0.25) is 4.79 Å². The van der Waals surface area contributed by atoms with E-state index in [1.807, 2.05) is 42.6 Å². The summed E-state index contributed by atoms with van der Waals surface area (Å²) in [6, 6.07) is 14.2. The molecule has 0 atom stereocenters. The van der Waals surface area contributed by atoms with Crippen LogP contribution in [-0.2, 0) is 11.2 Å². The van der Waals surface area contributed by atoms with Crippen LogP contribution in [0.2, 0.25) is 0 Å². The number of hydrogen-bond acceptors (Lipinski definition) is 5. The highest BCUT2D eigenvalue weighted by Gasteiger charge is 2.14. The molecule has 0 saturated carbocycles. The third-order valence-electron chi connectivity index (χ3n) is 3.61. The number of amides is 1. The summed E-state index contributed by atoms with van der Waals surface area (Å²) < 4.78 is 5.67. The smallest absolute Gasteiger partial charge is 0.236 e. The van der Waals surface area contributed by atoms with Crippen molar-refractivity contribution in [3.63, 3.8) is 0 Å². The summed E-state index contributed by atoms with van der Waals surface area (Å²) in [6.07, 6.45) is 1.19. The third kappa shape index (κ3) is 5.21. The summed E-state index contributed by atoms with van der Waals surface area (Å²) >= 11 is 3.38. The molecule has 130 valence electrons. The molecule has 3 rings (SSSR count). The Morgan fingerprint density at radius 1 is 1.24 bits per heavy atom. The summed E-state index contributed by atoms with van der Waals surface area (Å²) in [5.41, 5.74) is 0.708. The van der Waals surface area contributed by atoms with Gasteiger partial charge >= 0.3 is 0 Å². The molecule has 4 nitrogen and oxygen atoms in total. The number of oxazole rings is 1. The van der Waals surface area contributed by atoms with Gasteiger partial charge in [-0.05, 0) is 42.7 Å². The molecule has 0 fully saturated rings. The predicted molar refractivity (Wildman–Crippen MR) is 103 cm³/mol. The molecule has 3 aromatic rings. The van der Waals surface area contributed by atoms with Gasteiger partial charge < -0.3 is 9.73 Å². The monoisotopic (exact) mass is 372 g/mol. The van der Waals surface area contributed by atoms with Crippen molar-refractivity contribution in [3.05, 3.63) is 59.3 Å². The zero-order valence-corrected chi connectivity index (χ0v) is 15.7. The lowest BCUT2D eigenvalue weighted by Crippen LogP contribution is -2.26. The lowest BCUT2D eigenvalue weighted by Gasteiger charge is -2.04. The standard InChI is InChI=1S/C19H20N2O2S2/c1-14-16(21-19(23-14)17-9-5-11-25-17)13-18(22)20-10-6-12-24-15-7-3-2-4-8-15/h2-5,7-9,11H,6,10,12-13H2,1H3,(H,20,22). The first kappa shape index (κ1) is 17.8. The highest BCUT2D eigenvalue weighted by atomic mass is 32.2. The Bertz CT molecular complexity index is 798. The van der Waals surface area contributed by atoms with Crippen molar-refractivity contribution in [2.45, 2.75) is 24.7 Å². The quantitative estimate of drug-likeness (QED) is 0.465. The van der Waals surface area contributed by atoms with Crippen LogP contribution in [0.15, 0.2) is 57.2 Å². The average Bonchev–Trinajstić information content (AvgIpc) is 3.26. The Morgan fingerprint density at radius 2 is 2.08 bits per heavy atom. The molecule has 0 unspecified atom stereocenters. The van der Waals surface area contributed by atoms with Crippen molar-refractivity contribution >= 4 is 29.0 Å². The first-order valence-corrected chi connectivity index (χ1v) is 10.0. The van der Waals surface area contributed by atoms with Gasteiger partial charge in [-0.25, -0.2) is 4.98 Å². The molecule has 0 aliphatic heterocycles. The lowest BCUT2D eigenvalue weighted by molar-refractivity contribution is -0.120. The minimum Gasteiger partial charge on any atom is -0.440 e. The van der Waals surface area contributed by atoms with E-state index < -0.39 is 0 Å². The fraction of sp³-hybridized carbons (Fsp3) is 0.263. The number of nitrogens with zero attached hydrogens (tertiary/aromatic N) is 1. The lowest BCUT2D eigenvalue weighted by atomic mass is 10.2. The van der Waals surface area contributed by atoms with E-state index >= 15 is 0 Å². The molecule has 2 aromatic heterocycles. The Hall–Kier alpha value is -2.05. The van der Waals surface area contributed by atoms with E-state index in [1.54, 1.807) is 23.1 Å². The summed E-state index contributed by atoms with van der Waals surface area (Å²) in [6.45, 7) is 2.52. The van der Waals surface area contributed by atoms with E-state index in [-0.39, 0.29) is 12.3 Å². The van der Waals surface area contributed by atoms with Gasteiger partial charge in [-0.15, -0.1) is 23.1 Å². The predicted octanol–water partition coefficient (Wildman–Crippen LogP) is 4.55. The van der Waals surface area contributed by atoms with Crippen molar-refractivity contribution in [2.24, 2.45) is 0 Å². The Morgan fingerprint density at radius 3 is 2.84 bits per heavy atom. The number of rotatable bonds is 8. The van der Waals surface area contributed by atoms with Crippen molar-refractivity contribution in [3.8, 4) is 10.8 Å². The summed E-state index contributed by atoms with van der Waals surface area (Å²) in [5, 5.41) is 4.94. The number of aromatic nitrogens is 1. The molecular weight excluding hydrogens is 352 g/mol. The number of carbonyl (C=O) groups is 1. The topological polar surface area (TPSA) is 55.1 Å². The molecule has 0 aliphatic rings. The van der Waals surface area contributed by atoms with E-state index in [9.17, 15) is 4.79 Å². The van der Waals surface area contributed by atoms with Crippen molar-refractivity contribution in [1.82, 2.24) is 10.3 Å². The van der Waals surface area contributed by atoms with Crippen molar-refractivity contribution < 1.29 is 9.21 Å². The fourth-order valence-corrected chi connectivity index (χ4v) is 3.84. The van der Waals surface area contributed by atoms with E-state index in [2.05, 4.69) is 22.4 Å². The highest BCUT2D eigenvalue weighted by Crippen LogP contribution is 2.26. The molecule has 1 amide bonds. The zero-order valence-electron chi connectivity index (χ0n) is 14.0.